The second kappa shape index (κ2) is 8.45. The van der Waals surface area contributed by atoms with E-state index in [1.165, 1.54) is 6.92 Å². The molecule has 0 aliphatic heterocycles. The quantitative estimate of drug-likeness (QED) is 0.198. The Labute approximate surface area is 146 Å². The van der Waals surface area contributed by atoms with Gasteiger partial charge in [0.2, 0.25) is 5.78 Å². The molecule has 0 amide bonds. The number of halogens is 4. The molecule has 0 saturated heterocycles. The molecule has 0 atom stereocenters. The smallest absolute Gasteiger partial charge is 0.419 e. The highest BCUT2D eigenvalue weighted by Gasteiger charge is 2.35. The number of alkyl halides is 3. The molecule has 0 bridgehead atoms. The first-order valence-corrected chi connectivity index (χ1v) is 7.33. The number of hydrogen-bond donors (Lipinski definition) is 2. The van der Waals surface area contributed by atoms with E-state index >= 15 is 0 Å². The third-order valence-electron chi connectivity index (χ3n) is 3.12. The van der Waals surface area contributed by atoms with Crippen LogP contribution in [-0.4, -0.2) is 30.7 Å². The molecule has 26 heavy (non-hydrogen) atoms. The van der Waals surface area contributed by atoms with Crippen molar-refractivity contribution >= 4 is 17.6 Å². The maximum atomic E-state index is 13.9. The number of ketones is 1. The van der Waals surface area contributed by atoms with Crippen molar-refractivity contribution in [2.45, 2.75) is 20.0 Å². The molecule has 0 heterocycles. The van der Waals surface area contributed by atoms with E-state index in [1.807, 2.05) is 0 Å². The summed E-state index contributed by atoms with van der Waals surface area (Å²) in [6.45, 7) is 2.27. The standard InChI is InChI=1S/C16H17F4N3O3/c1-3-23-14(22)12(8(2)21)15(25)26-7-11(24)9-5-4-6-10(13(9)17)16(18,19)20/h4-6H,3,7,21H2,1-2H3,(H2,22,23)/b12-8+. The molecule has 0 aliphatic carbocycles. The molecule has 10 heteroatoms. The van der Waals surface area contributed by atoms with Crippen LogP contribution in [0, 0.1) is 5.82 Å². The fourth-order valence-corrected chi connectivity index (χ4v) is 1.96. The number of amidine groups is 1. The largest absolute Gasteiger partial charge is 0.454 e. The topological polar surface area (TPSA) is 108 Å². The van der Waals surface area contributed by atoms with Crippen molar-refractivity contribution in [3.05, 3.63) is 46.4 Å². The van der Waals surface area contributed by atoms with Crippen molar-refractivity contribution in [2.24, 2.45) is 16.5 Å². The Hall–Kier alpha value is -2.91. The summed E-state index contributed by atoms with van der Waals surface area (Å²) in [7, 11) is 0. The SMILES string of the molecule is CCN=C(N)/C(C(=O)OCC(=O)c1cccc(C(F)(F)F)c1F)=C(/C)N. The van der Waals surface area contributed by atoms with Gasteiger partial charge in [-0.25, -0.2) is 9.18 Å². The van der Waals surface area contributed by atoms with Crippen LogP contribution in [0.2, 0.25) is 0 Å². The van der Waals surface area contributed by atoms with Crippen molar-refractivity contribution in [1.29, 1.82) is 0 Å². The van der Waals surface area contributed by atoms with Crippen molar-refractivity contribution in [1.82, 2.24) is 0 Å². The first-order valence-electron chi connectivity index (χ1n) is 7.33. The van der Waals surface area contributed by atoms with Gasteiger partial charge in [0.1, 0.15) is 17.2 Å². The van der Waals surface area contributed by atoms with Crippen LogP contribution in [0.15, 0.2) is 34.5 Å². The van der Waals surface area contributed by atoms with Crippen LogP contribution in [0.1, 0.15) is 29.8 Å². The van der Waals surface area contributed by atoms with Crippen LogP contribution in [0.5, 0.6) is 0 Å². The van der Waals surface area contributed by atoms with Gasteiger partial charge in [0.15, 0.2) is 6.61 Å². The highest BCUT2D eigenvalue weighted by molar-refractivity contribution is 6.19. The van der Waals surface area contributed by atoms with E-state index in [0.717, 1.165) is 12.1 Å². The van der Waals surface area contributed by atoms with Crippen LogP contribution in [-0.2, 0) is 15.7 Å². The maximum Gasteiger partial charge on any atom is 0.419 e. The average Bonchev–Trinajstić information content (AvgIpc) is 2.51. The third kappa shape index (κ3) is 5.04. The zero-order valence-corrected chi connectivity index (χ0v) is 14.0. The monoisotopic (exact) mass is 375 g/mol. The molecular formula is C16H17F4N3O3. The Balaban J connectivity index is 2.99. The highest BCUT2D eigenvalue weighted by atomic mass is 19.4. The minimum absolute atomic E-state index is 0.0256. The third-order valence-corrected chi connectivity index (χ3v) is 3.12. The molecule has 4 N–H and O–H groups in total. The summed E-state index contributed by atoms with van der Waals surface area (Å²) in [6, 6.07) is 2.24. The molecule has 6 nitrogen and oxygen atoms in total. The van der Waals surface area contributed by atoms with Gasteiger partial charge in [-0.15, -0.1) is 0 Å². The number of hydrogen-bond acceptors (Lipinski definition) is 5. The van der Waals surface area contributed by atoms with Gasteiger partial charge in [0.25, 0.3) is 0 Å². The number of benzene rings is 1. The molecule has 0 spiro atoms. The van der Waals surface area contributed by atoms with E-state index < -0.39 is 41.5 Å². The molecule has 0 aliphatic rings. The number of carbonyl (C=O) groups is 2. The van der Waals surface area contributed by atoms with Gasteiger partial charge in [-0.2, -0.15) is 13.2 Å². The van der Waals surface area contributed by atoms with Crippen molar-refractivity contribution in [3.63, 3.8) is 0 Å². The van der Waals surface area contributed by atoms with Gasteiger partial charge < -0.3 is 16.2 Å². The summed E-state index contributed by atoms with van der Waals surface area (Å²) in [5, 5.41) is 0. The predicted molar refractivity (Wildman–Crippen MR) is 85.7 cm³/mol. The lowest BCUT2D eigenvalue weighted by Gasteiger charge is -2.12. The molecule has 142 valence electrons. The number of carbonyl (C=O) groups excluding carboxylic acids is 2. The Kier molecular flexibility index (Phi) is 6.87. The number of allylic oxidation sites excluding steroid dienone is 1. The van der Waals surface area contributed by atoms with Crippen molar-refractivity contribution < 1.29 is 31.9 Å². The number of aliphatic imine (C=N–C) groups is 1. The molecule has 1 aromatic carbocycles. The van der Waals surface area contributed by atoms with E-state index in [4.69, 9.17) is 16.2 Å². The van der Waals surface area contributed by atoms with Gasteiger partial charge in [-0.3, -0.25) is 9.79 Å². The lowest BCUT2D eigenvalue weighted by atomic mass is 10.1. The number of rotatable bonds is 6. The van der Waals surface area contributed by atoms with Gasteiger partial charge in [0.05, 0.1) is 11.1 Å². The molecule has 0 unspecified atom stereocenters. The minimum atomic E-state index is -4.96. The predicted octanol–water partition coefficient (Wildman–Crippen LogP) is 2.18. The maximum absolute atomic E-state index is 13.9. The molecule has 1 aromatic rings. The Morgan fingerprint density at radius 3 is 2.35 bits per heavy atom. The Bertz CT molecular complexity index is 766. The lowest BCUT2D eigenvalue weighted by Crippen LogP contribution is -2.28. The second-order valence-electron chi connectivity index (χ2n) is 5.08. The fourth-order valence-electron chi connectivity index (χ4n) is 1.96. The first-order chi connectivity index (χ1) is 12.0. The van der Waals surface area contributed by atoms with E-state index in [1.54, 1.807) is 6.92 Å². The molecule has 1 rings (SSSR count). The Morgan fingerprint density at radius 1 is 1.23 bits per heavy atom. The van der Waals surface area contributed by atoms with Gasteiger partial charge in [0, 0.05) is 12.2 Å². The highest BCUT2D eigenvalue weighted by Crippen LogP contribution is 2.32. The summed E-state index contributed by atoms with van der Waals surface area (Å²) in [6.07, 6.45) is -4.96. The molecule has 0 radical (unpaired) electrons. The Morgan fingerprint density at radius 2 is 1.85 bits per heavy atom. The lowest BCUT2D eigenvalue weighted by molar-refractivity contribution is -0.140. The van der Waals surface area contributed by atoms with E-state index in [-0.39, 0.29) is 23.7 Å². The number of esters is 1. The van der Waals surface area contributed by atoms with E-state index in [9.17, 15) is 27.2 Å². The fraction of sp³-hybridized carbons (Fsp3) is 0.312. The van der Waals surface area contributed by atoms with Gasteiger partial charge in [-0.1, -0.05) is 6.07 Å². The zero-order valence-electron chi connectivity index (χ0n) is 14.0. The van der Waals surface area contributed by atoms with E-state index in [0.29, 0.717) is 6.07 Å². The summed E-state index contributed by atoms with van der Waals surface area (Å²) in [5.74, 6) is -4.20. The van der Waals surface area contributed by atoms with Crippen LogP contribution < -0.4 is 11.5 Å². The molecule has 0 saturated carbocycles. The van der Waals surface area contributed by atoms with Crippen LogP contribution in [0.3, 0.4) is 0 Å². The number of nitrogens with two attached hydrogens (primary N) is 2. The number of Topliss-reactive ketones (excluding diaryl/α,β-unsaturated/α-hetero) is 1. The summed E-state index contributed by atoms with van der Waals surface area (Å²) < 4.78 is 56.6. The number of nitrogens with zero attached hydrogens (tertiary/aromatic N) is 1. The average molecular weight is 375 g/mol. The summed E-state index contributed by atoms with van der Waals surface area (Å²) >= 11 is 0. The van der Waals surface area contributed by atoms with E-state index in [2.05, 4.69) is 4.99 Å². The zero-order chi connectivity index (χ0) is 20.1. The molecule has 0 fully saturated rings. The van der Waals surface area contributed by atoms with Gasteiger partial charge in [-0.05, 0) is 26.0 Å². The normalized spacial score (nSPS) is 13.2. The van der Waals surface area contributed by atoms with Crippen LogP contribution in [0.4, 0.5) is 17.6 Å². The second-order valence-corrected chi connectivity index (χ2v) is 5.08. The number of ether oxygens (including phenoxy) is 1. The van der Waals surface area contributed by atoms with Crippen molar-refractivity contribution in [3.8, 4) is 0 Å². The molecule has 0 aromatic heterocycles. The van der Waals surface area contributed by atoms with Crippen molar-refractivity contribution in [2.75, 3.05) is 13.2 Å². The summed E-state index contributed by atoms with van der Waals surface area (Å²) in [4.78, 5) is 27.7. The molecular weight excluding hydrogens is 358 g/mol. The van der Waals surface area contributed by atoms with Gasteiger partial charge >= 0.3 is 12.1 Å². The van der Waals surface area contributed by atoms with Crippen LogP contribution >= 0.6 is 0 Å². The first kappa shape index (κ1) is 21.1. The van der Waals surface area contributed by atoms with Crippen LogP contribution in [0.25, 0.3) is 0 Å². The summed E-state index contributed by atoms with van der Waals surface area (Å²) in [5.41, 5.74) is 8.37. The minimum Gasteiger partial charge on any atom is -0.454 e.